The first-order valence-corrected chi connectivity index (χ1v) is 14.0. The third-order valence-electron chi connectivity index (χ3n) is 8.29. The minimum atomic E-state index is -0.646. The van der Waals surface area contributed by atoms with Crippen molar-refractivity contribution < 1.29 is 23.5 Å². The van der Waals surface area contributed by atoms with Gasteiger partial charge in [-0.15, -0.1) is 0 Å². The smallest absolute Gasteiger partial charge is 0.255 e. The van der Waals surface area contributed by atoms with Gasteiger partial charge in [0.05, 0.1) is 6.54 Å². The number of benzene rings is 2. The Kier molecular flexibility index (Phi) is 6.92. The zero-order valence-corrected chi connectivity index (χ0v) is 21.7. The molecule has 0 bridgehead atoms. The van der Waals surface area contributed by atoms with E-state index >= 15 is 0 Å². The van der Waals surface area contributed by atoms with Crippen molar-refractivity contribution in [1.29, 1.82) is 0 Å². The lowest BCUT2D eigenvalue weighted by Gasteiger charge is -2.29. The Hall–Kier alpha value is -3.61. The molecule has 2 aromatic carbocycles. The van der Waals surface area contributed by atoms with Crippen molar-refractivity contribution in [2.45, 2.75) is 83.4 Å². The van der Waals surface area contributed by atoms with E-state index in [0.29, 0.717) is 17.7 Å². The van der Waals surface area contributed by atoms with Crippen LogP contribution < -0.4 is 10.1 Å². The van der Waals surface area contributed by atoms with Crippen LogP contribution in [-0.4, -0.2) is 28.7 Å². The van der Waals surface area contributed by atoms with E-state index in [-0.39, 0.29) is 31.4 Å². The Bertz CT molecular complexity index is 1370. The van der Waals surface area contributed by atoms with Gasteiger partial charge in [0.15, 0.2) is 0 Å². The Labute approximate surface area is 222 Å². The van der Waals surface area contributed by atoms with E-state index in [1.807, 2.05) is 12.1 Å². The summed E-state index contributed by atoms with van der Waals surface area (Å²) in [6, 6.07) is 13.3. The number of fused-ring (bicyclic) bond motifs is 2. The minimum Gasteiger partial charge on any atom is -0.485 e. The summed E-state index contributed by atoms with van der Waals surface area (Å²) in [6.45, 7) is 0.525. The normalized spacial score (nSPS) is 20.8. The van der Waals surface area contributed by atoms with E-state index in [1.54, 1.807) is 12.1 Å². The molecule has 7 nitrogen and oxygen atoms in total. The minimum absolute atomic E-state index is 0.208. The van der Waals surface area contributed by atoms with Gasteiger partial charge in [0.2, 0.25) is 11.8 Å². The fourth-order valence-electron chi connectivity index (χ4n) is 6.25. The van der Waals surface area contributed by atoms with Crippen molar-refractivity contribution in [2.75, 3.05) is 0 Å². The van der Waals surface area contributed by atoms with Gasteiger partial charge in [-0.25, -0.2) is 0 Å². The maximum atomic E-state index is 13.1. The van der Waals surface area contributed by atoms with Crippen molar-refractivity contribution in [3.05, 3.63) is 64.9 Å². The molecule has 1 aliphatic carbocycles. The summed E-state index contributed by atoms with van der Waals surface area (Å²) in [5.74, 6) is 1.18. The second kappa shape index (κ2) is 10.6. The van der Waals surface area contributed by atoms with Crippen LogP contribution in [0.3, 0.4) is 0 Å². The number of hydrogen-bond donors (Lipinski definition) is 1. The Morgan fingerprint density at radius 2 is 1.76 bits per heavy atom. The third kappa shape index (κ3) is 5.06. The molecule has 1 atom stereocenters. The van der Waals surface area contributed by atoms with Gasteiger partial charge < -0.3 is 14.1 Å². The molecule has 7 heteroatoms. The number of carbonyl (C=O) groups excluding carboxylic acids is 3. The first-order valence-electron chi connectivity index (χ1n) is 14.0. The quantitative estimate of drug-likeness (QED) is 0.428. The van der Waals surface area contributed by atoms with Gasteiger partial charge in [0, 0.05) is 22.9 Å². The summed E-state index contributed by atoms with van der Waals surface area (Å²) in [6.07, 6.45) is 11.1. The monoisotopic (exact) mass is 514 g/mol. The van der Waals surface area contributed by atoms with E-state index in [1.165, 1.54) is 55.4 Å². The second-order valence-corrected chi connectivity index (χ2v) is 11.0. The molecule has 0 spiro atoms. The molecule has 1 N–H and O–H groups in total. The van der Waals surface area contributed by atoms with Crippen LogP contribution >= 0.6 is 0 Å². The summed E-state index contributed by atoms with van der Waals surface area (Å²) in [5, 5.41) is 3.40. The highest BCUT2D eigenvalue weighted by atomic mass is 16.5. The Morgan fingerprint density at radius 1 is 0.947 bits per heavy atom. The highest BCUT2D eigenvalue weighted by Crippen LogP contribution is 2.34. The van der Waals surface area contributed by atoms with Crippen molar-refractivity contribution in [3.8, 4) is 5.75 Å². The lowest BCUT2D eigenvalue weighted by atomic mass is 9.86. The average Bonchev–Trinajstić information content (AvgIpc) is 3.45. The van der Waals surface area contributed by atoms with Gasteiger partial charge in [-0.2, -0.15) is 0 Å². The molecule has 2 fully saturated rings. The first kappa shape index (κ1) is 24.7. The highest BCUT2D eigenvalue weighted by molar-refractivity contribution is 6.05. The van der Waals surface area contributed by atoms with Gasteiger partial charge in [-0.3, -0.25) is 19.7 Å². The number of imide groups is 1. The molecular weight excluding hydrogens is 480 g/mol. The van der Waals surface area contributed by atoms with E-state index in [2.05, 4.69) is 23.5 Å². The van der Waals surface area contributed by atoms with Crippen LogP contribution in [0, 0.1) is 5.92 Å². The second-order valence-electron chi connectivity index (χ2n) is 11.0. The van der Waals surface area contributed by atoms with Crippen LogP contribution in [-0.2, 0) is 29.2 Å². The molecule has 0 radical (unpaired) electrons. The molecule has 2 aliphatic heterocycles. The third-order valence-corrected chi connectivity index (χ3v) is 8.29. The first-order chi connectivity index (χ1) is 18.5. The van der Waals surface area contributed by atoms with Gasteiger partial charge in [0.25, 0.3) is 5.91 Å². The van der Waals surface area contributed by atoms with Crippen LogP contribution in [0.25, 0.3) is 11.0 Å². The van der Waals surface area contributed by atoms with Gasteiger partial charge in [-0.1, -0.05) is 63.1 Å². The molecular formula is C31H34N2O5. The zero-order chi connectivity index (χ0) is 26.1. The molecule has 3 heterocycles. The molecule has 3 amide bonds. The number of nitrogens with zero attached hydrogens (tertiary/aromatic N) is 1. The number of rotatable bonds is 6. The van der Waals surface area contributed by atoms with Crippen molar-refractivity contribution >= 4 is 28.7 Å². The summed E-state index contributed by atoms with van der Waals surface area (Å²) < 4.78 is 12.3. The van der Waals surface area contributed by atoms with E-state index in [0.717, 1.165) is 34.6 Å². The van der Waals surface area contributed by atoms with Crippen molar-refractivity contribution in [3.63, 3.8) is 0 Å². The molecule has 6 rings (SSSR count). The van der Waals surface area contributed by atoms with Crippen molar-refractivity contribution in [2.24, 2.45) is 5.92 Å². The Balaban J connectivity index is 1.13. The topological polar surface area (TPSA) is 88.9 Å². The van der Waals surface area contributed by atoms with E-state index < -0.39 is 11.9 Å². The van der Waals surface area contributed by atoms with Crippen molar-refractivity contribution in [1.82, 2.24) is 10.2 Å². The van der Waals surface area contributed by atoms with Gasteiger partial charge in [0.1, 0.15) is 29.7 Å². The lowest BCUT2D eigenvalue weighted by molar-refractivity contribution is -0.136. The highest BCUT2D eigenvalue weighted by Gasteiger charge is 2.40. The van der Waals surface area contributed by atoms with Crippen LogP contribution in [0.1, 0.15) is 85.0 Å². The molecule has 1 saturated carbocycles. The van der Waals surface area contributed by atoms with E-state index in [4.69, 9.17) is 9.15 Å². The SMILES string of the molecule is O=C1CCC(N2Cc3c(OCc4cc5ccc(CC6CCCCCCC6)cc5o4)cccc3C2=O)C(=O)N1. The summed E-state index contributed by atoms with van der Waals surface area (Å²) >= 11 is 0. The standard InChI is InChI=1S/C31H34N2O5/c34-29-14-13-26(30(35)32-29)33-18-25-24(31(33)36)9-6-10-27(25)37-19-23-17-22-12-11-21(16-28(22)38-23)15-20-7-4-2-1-3-5-8-20/h6,9-12,16-17,20,26H,1-5,7-8,13-15,18-19H2,(H,32,34,35). The fraction of sp³-hybridized carbons (Fsp3) is 0.452. The molecule has 3 aromatic rings. The van der Waals surface area contributed by atoms with Crippen LogP contribution in [0.4, 0.5) is 0 Å². The number of nitrogens with one attached hydrogen (secondary N) is 1. The molecule has 198 valence electrons. The number of piperidine rings is 1. The largest absolute Gasteiger partial charge is 0.485 e. The number of ether oxygens (including phenoxy) is 1. The lowest BCUT2D eigenvalue weighted by Crippen LogP contribution is -2.52. The summed E-state index contributed by atoms with van der Waals surface area (Å²) in [5.41, 5.74) is 3.51. The molecule has 1 aromatic heterocycles. The summed E-state index contributed by atoms with van der Waals surface area (Å²) in [4.78, 5) is 38.5. The average molecular weight is 515 g/mol. The number of amides is 3. The summed E-state index contributed by atoms with van der Waals surface area (Å²) in [7, 11) is 0. The number of carbonyl (C=O) groups is 3. The molecule has 1 unspecified atom stereocenters. The maximum Gasteiger partial charge on any atom is 0.255 e. The van der Waals surface area contributed by atoms with Crippen LogP contribution in [0.5, 0.6) is 5.75 Å². The predicted molar refractivity (Wildman–Crippen MR) is 143 cm³/mol. The van der Waals surface area contributed by atoms with Gasteiger partial charge >= 0.3 is 0 Å². The number of hydrogen-bond acceptors (Lipinski definition) is 5. The Morgan fingerprint density at radius 3 is 2.58 bits per heavy atom. The molecule has 3 aliphatic rings. The van der Waals surface area contributed by atoms with Crippen LogP contribution in [0.15, 0.2) is 46.9 Å². The number of furan rings is 1. The fourth-order valence-corrected chi connectivity index (χ4v) is 6.25. The van der Waals surface area contributed by atoms with Crippen LogP contribution in [0.2, 0.25) is 0 Å². The maximum absolute atomic E-state index is 13.1. The zero-order valence-electron chi connectivity index (χ0n) is 21.7. The molecule has 38 heavy (non-hydrogen) atoms. The molecule has 1 saturated heterocycles. The van der Waals surface area contributed by atoms with E-state index in [9.17, 15) is 14.4 Å². The predicted octanol–water partition coefficient (Wildman–Crippen LogP) is 5.68. The van der Waals surface area contributed by atoms with Gasteiger partial charge in [-0.05, 0) is 48.6 Å².